The number of benzene rings is 4. The first kappa shape index (κ1) is 21.6. The number of amides is 1. The highest BCUT2D eigenvalue weighted by Gasteiger charge is 2.27. The van der Waals surface area contributed by atoms with Crippen molar-refractivity contribution in [2.24, 2.45) is 0 Å². The lowest BCUT2D eigenvalue weighted by atomic mass is 10.1. The topological polar surface area (TPSA) is 66.5 Å². The van der Waals surface area contributed by atoms with E-state index in [2.05, 4.69) is 5.32 Å². The van der Waals surface area contributed by atoms with E-state index in [-0.39, 0.29) is 17.3 Å². The molecule has 0 saturated heterocycles. The number of carbonyl (C=O) groups excluding carboxylic acids is 1. The molecule has 162 valence electrons. The number of aryl methyl sites for hydroxylation is 1. The lowest BCUT2D eigenvalue weighted by Crippen LogP contribution is -2.40. The van der Waals surface area contributed by atoms with Gasteiger partial charge in [0, 0.05) is 6.54 Å². The Hall–Kier alpha value is -3.64. The Balaban J connectivity index is 1.54. The summed E-state index contributed by atoms with van der Waals surface area (Å²) in [7, 11) is -3.91. The maximum Gasteiger partial charge on any atom is 0.264 e. The summed E-state index contributed by atoms with van der Waals surface area (Å²) in [5, 5.41) is 5.07. The summed E-state index contributed by atoms with van der Waals surface area (Å²) in [6.07, 6.45) is 0. The Bertz CT molecular complexity index is 1330. The van der Waals surface area contributed by atoms with Crippen molar-refractivity contribution < 1.29 is 13.2 Å². The van der Waals surface area contributed by atoms with Crippen LogP contribution in [0.1, 0.15) is 11.1 Å². The predicted molar refractivity (Wildman–Crippen MR) is 128 cm³/mol. The van der Waals surface area contributed by atoms with Gasteiger partial charge in [-0.1, -0.05) is 72.3 Å². The SMILES string of the molecule is Cc1ccc(S(=O)(=O)N(CC(=O)NCc2ccc3ccccc3c2)c2ccccc2)cc1. The third-order valence-electron chi connectivity index (χ3n) is 5.24. The minimum atomic E-state index is -3.91. The van der Waals surface area contributed by atoms with Crippen LogP contribution in [0.2, 0.25) is 0 Å². The third kappa shape index (κ3) is 4.81. The van der Waals surface area contributed by atoms with E-state index in [4.69, 9.17) is 0 Å². The molecule has 0 aliphatic carbocycles. The Morgan fingerprint density at radius 3 is 2.19 bits per heavy atom. The summed E-state index contributed by atoms with van der Waals surface area (Å²) in [5.74, 6) is -0.377. The van der Waals surface area contributed by atoms with Gasteiger partial charge in [0.25, 0.3) is 10.0 Å². The fourth-order valence-electron chi connectivity index (χ4n) is 3.48. The van der Waals surface area contributed by atoms with E-state index in [1.54, 1.807) is 54.6 Å². The van der Waals surface area contributed by atoms with Crippen LogP contribution in [-0.4, -0.2) is 20.9 Å². The first-order valence-corrected chi connectivity index (χ1v) is 11.8. The van der Waals surface area contributed by atoms with Crippen molar-refractivity contribution in [3.63, 3.8) is 0 Å². The second-order valence-electron chi connectivity index (χ2n) is 7.62. The molecule has 32 heavy (non-hydrogen) atoms. The van der Waals surface area contributed by atoms with Gasteiger partial charge in [-0.05, 0) is 53.6 Å². The fourth-order valence-corrected chi connectivity index (χ4v) is 4.90. The van der Waals surface area contributed by atoms with E-state index in [9.17, 15) is 13.2 Å². The Morgan fingerprint density at radius 1 is 0.812 bits per heavy atom. The molecule has 0 radical (unpaired) electrons. The first-order chi connectivity index (χ1) is 15.4. The summed E-state index contributed by atoms with van der Waals surface area (Å²) >= 11 is 0. The van der Waals surface area contributed by atoms with Crippen molar-refractivity contribution in [1.29, 1.82) is 0 Å². The molecule has 4 aromatic carbocycles. The number of hydrogen-bond acceptors (Lipinski definition) is 3. The highest BCUT2D eigenvalue weighted by molar-refractivity contribution is 7.92. The molecule has 0 unspecified atom stereocenters. The maximum absolute atomic E-state index is 13.3. The number of fused-ring (bicyclic) bond motifs is 1. The average molecular weight is 445 g/mol. The summed E-state index contributed by atoms with van der Waals surface area (Å²) in [6.45, 7) is 1.90. The molecule has 4 rings (SSSR count). The number of carbonyl (C=O) groups is 1. The van der Waals surface area contributed by atoms with E-state index in [1.165, 1.54) is 0 Å². The smallest absolute Gasteiger partial charge is 0.264 e. The van der Waals surface area contributed by atoms with Crippen LogP contribution in [0.15, 0.2) is 102 Å². The van der Waals surface area contributed by atoms with Crippen LogP contribution in [0.5, 0.6) is 0 Å². The largest absolute Gasteiger partial charge is 0.350 e. The zero-order valence-electron chi connectivity index (χ0n) is 17.7. The van der Waals surface area contributed by atoms with Crippen molar-refractivity contribution in [3.05, 3.63) is 108 Å². The number of hydrogen-bond donors (Lipinski definition) is 1. The quantitative estimate of drug-likeness (QED) is 0.451. The molecular formula is C26H24N2O3S. The number of anilines is 1. The van der Waals surface area contributed by atoms with Gasteiger partial charge in [0.05, 0.1) is 10.6 Å². The van der Waals surface area contributed by atoms with Crippen LogP contribution in [0.4, 0.5) is 5.69 Å². The molecule has 5 nitrogen and oxygen atoms in total. The predicted octanol–water partition coefficient (Wildman–Crippen LogP) is 4.66. The fraction of sp³-hybridized carbons (Fsp3) is 0.115. The van der Waals surface area contributed by atoms with E-state index < -0.39 is 10.0 Å². The van der Waals surface area contributed by atoms with E-state index in [0.717, 1.165) is 26.2 Å². The monoisotopic (exact) mass is 444 g/mol. The third-order valence-corrected chi connectivity index (χ3v) is 7.03. The van der Waals surface area contributed by atoms with Crippen molar-refractivity contribution in [2.45, 2.75) is 18.4 Å². The molecule has 0 atom stereocenters. The van der Waals surface area contributed by atoms with Crippen LogP contribution < -0.4 is 9.62 Å². The van der Waals surface area contributed by atoms with Crippen LogP contribution in [0.25, 0.3) is 10.8 Å². The first-order valence-electron chi connectivity index (χ1n) is 10.3. The number of nitrogens with zero attached hydrogens (tertiary/aromatic N) is 1. The van der Waals surface area contributed by atoms with Crippen molar-refractivity contribution in [1.82, 2.24) is 5.32 Å². The molecule has 1 amide bonds. The number of para-hydroxylation sites is 1. The molecule has 0 saturated carbocycles. The molecule has 0 aliphatic heterocycles. The summed E-state index contributed by atoms with van der Waals surface area (Å²) in [5.41, 5.74) is 2.35. The number of nitrogens with one attached hydrogen (secondary N) is 1. The minimum Gasteiger partial charge on any atom is -0.350 e. The van der Waals surface area contributed by atoms with Gasteiger partial charge in [-0.25, -0.2) is 8.42 Å². The lowest BCUT2D eigenvalue weighted by molar-refractivity contribution is -0.119. The highest BCUT2D eigenvalue weighted by Crippen LogP contribution is 2.23. The molecule has 6 heteroatoms. The highest BCUT2D eigenvalue weighted by atomic mass is 32.2. The zero-order chi connectivity index (χ0) is 22.6. The molecular weight excluding hydrogens is 420 g/mol. The molecule has 0 aromatic heterocycles. The molecule has 0 spiro atoms. The Labute approximate surface area is 188 Å². The maximum atomic E-state index is 13.3. The normalized spacial score (nSPS) is 11.3. The minimum absolute atomic E-state index is 0.147. The number of rotatable bonds is 7. The summed E-state index contributed by atoms with van der Waals surface area (Å²) in [6, 6.07) is 29.3. The summed E-state index contributed by atoms with van der Waals surface area (Å²) < 4.78 is 27.8. The van der Waals surface area contributed by atoms with Crippen LogP contribution in [0.3, 0.4) is 0 Å². The van der Waals surface area contributed by atoms with Gasteiger partial charge in [0.1, 0.15) is 6.54 Å². The molecule has 4 aromatic rings. The summed E-state index contributed by atoms with van der Waals surface area (Å²) in [4.78, 5) is 12.9. The number of sulfonamides is 1. The van der Waals surface area contributed by atoms with Gasteiger partial charge < -0.3 is 5.32 Å². The molecule has 0 aliphatic rings. The van der Waals surface area contributed by atoms with Crippen LogP contribution in [-0.2, 0) is 21.4 Å². The second-order valence-corrected chi connectivity index (χ2v) is 9.48. The molecule has 0 heterocycles. The van der Waals surface area contributed by atoms with E-state index in [0.29, 0.717) is 12.2 Å². The van der Waals surface area contributed by atoms with Gasteiger partial charge in [-0.3, -0.25) is 9.10 Å². The van der Waals surface area contributed by atoms with Gasteiger partial charge >= 0.3 is 0 Å². The van der Waals surface area contributed by atoms with Crippen molar-refractivity contribution >= 4 is 32.4 Å². The van der Waals surface area contributed by atoms with Crippen molar-refractivity contribution in [3.8, 4) is 0 Å². The standard InChI is InChI=1S/C26H24N2O3S/c1-20-11-15-25(16-12-20)32(30,31)28(24-9-3-2-4-10-24)19-26(29)27-18-21-13-14-22-7-5-6-8-23(22)17-21/h2-17H,18-19H2,1H3,(H,27,29). The Morgan fingerprint density at radius 2 is 1.47 bits per heavy atom. The lowest BCUT2D eigenvalue weighted by Gasteiger charge is -2.24. The molecule has 0 fully saturated rings. The Kier molecular flexibility index (Phi) is 6.23. The van der Waals surface area contributed by atoms with E-state index in [1.807, 2.05) is 49.4 Å². The van der Waals surface area contributed by atoms with Gasteiger partial charge in [0.2, 0.25) is 5.91 Å². The van der Waals surface area contributed by atoms with Crippen LogP contribution in [0, 0.1) is 6.92 Å². The van der Waals surface area contributed by atoms with Gasteiger partial charge in [0.15, 0.2) is 0 Å². The molecule has 1 N–H and O–H groups in total. The van der Waals surface area contributed by atoms with Gasteiger partial charge in [-0.2, -0.15) is 0 Å². The zero-order valence-corrected chi connectivity index (χ0v) is 18.5. The molecule has 0 bridgehead atoms. The van der Waals surface area contributed by atoms with E-state index >= 15 is 0 Å². The van der Waals surface area contributed by atoms with Crippen LogP contribution >= 0.6 is 0 Å². The average Bonchev–Trinajstić information content (AvgIpc) is 2.82. The van der Waals surface area contributed by atoms with Gasteiger partial charge in [-0.15, -0.1) is 0 Å². The van der Waals surface area contributed by atoms with Crippen molar-refractivity contribution in [2.75, 3.05) is 10.8 Å². The second kappa shape index (κ2) is 9.24.